The van der Waals surface area contributed by atoms with Crippen molar-refractivity contribution in [2.24, 2.45) is 0 Å². The van der Waals surface area contributed by atoms with E-state index in [1.807, 2.05) is 6.07 Å². The number of methoxy groups -OCH3 is 2. The Morgan fingerprint density at radius 2 is 2.11 bits per heavy atom. The van der Waals surface area contributed by atoms with Crippen LogP contribution < -0.4 is 19.7 Å². The second-order valence-electron chi connectivity index (χ2n) is 5.17. The fraction of sp³-hybridized carbons (Fsp3) is 0.600. The van der Waals surface area contributed by atoms with Gasteiger partial charge in [-0.15, -0.1) is 0 Å². The molecule has 1 saturated heterocycles. The summed E-state index contributed by atoms with van der Waals surface area (Å²) in [6.07, 6.45) is 2.53. The van der Waals surface area contributed by atoms with Gasteiger partial charge in [0.25, 0.3) is 0 Å². The van der Waals surface area contributed by atoms with Crippen molar-refractivity contribution in [1.82, 2.24) is 5.32 Å². The van der Waals surface area contributed by atoms with E-state index in [2.05, 4.69) is 30.3 Å². The van der Waals surface area contributed by atoms with Gasteiger partial charge in [-0.2, -0.15) is 0 Å². The van der Waals surface area contributed by atoms with E-state index in [9.17, 15) is 0 Å². The Bertz CT molecular complexity index is 428. The zero-order valence-electron chi connectivity index (χ0n) is 12.3. The van der Waals surface area contributed by atoms with Gasteiger partial charge in [0.2, 0.25) is 0 Å². The quantitative estimate of drug-likeness (QED) is 0.884. The number of hydrogen-bond donors (Lipinski definition) is 1. The minimum absolute atomic E-state index is 0.580. The molecule has 106 valence electrons. The minimum Gasteiger partial charge on any atom is -0.497 e. The van der Waals surface area contributed by atoms with E-state index in [0.29, 0.717) is 6.04 Å². The molecule has 1 N–H and O–H groups in total. The third kappa shape index (κ3) is 3.13. The summed E-state index contributed by atoms with van der Waals surface area (Å²) in [5, 5.41) is 3.53. The number of nitrogens with one attached hydrogen (secondary N) is 1. The standard InChI is InChI=1S/C15H24N2O2/c1-11-8-13(18-3)9-14(19-4)15(11)17(2)10-12-6-5-7-16-12/h8-9,12,16H,5-7,10H2,1-4H3. The van der Waals surface area contributed by atoms with Gasteiger partial charge in [-0.1, -0.05) is 0 Å². The number of rotatable bonds is 5. The van der Waals surface area contributed by atoms with Gasteiger partial charge >= 0.3 is 0 Å². The first-order valence-corrected chi connectivity index (χ1v) is 6.83. The van der Waals surface area contributed by atoms with Gasteiger partial charge in [0.15, 0.2) is 0 Å². The molecule has 0 saturated carbocycles. The van der Waals surface area contributed by atoms with Crippen molar-refractivity contribution in [1.29, 1.82) is 0 Å². The summed E-state index contributed by atoms with van der Waals surface area (Å²) < 4.78 is 10.8. The molecule has 1 aliphatic rings. The lowest BCUT2D eigenvalue weighted by Gasteiger charge is -2.27. The highest BCUT2D eigenvalue weighted by molar-refractivity contribution is 5.65. The van der Waals surface area contributed by atoms with Crippen molar-refractivity contribution in [2.45, 2.75) is 25.8 Å². The van der Waals surface area contributed by atoms with Crippen LogP contribution >= 0.6 is 0 Å². The van der Waals surface area contributed by atoms with Gasteiger partial charge in [-0.25, -0.2) is 0 Å². The summed E-state index contributed by atoms with van der Waals surface area (Å²) in [5.41, 5.74) is 2.33. The van der Waals surface area contributed by atoms with Crippen molar-refractivity contribution >= 4 is 5.69 Å². The summed E-state index contributed by atoms with van der Waals surface area (Å²) in [6, 6.07) is 4.58. The molecular formula is C15H24N2O2. The molecular weight excluding hydrogens is 240 g/mol. The number of nitrogens with zero attached hydrogens (tertiary/aromatic N) is 1. The van der Waals surface area contributed by atoms with Crippen LogP contribution in [0.3, 0.4) is 0 Å². The lowest BCUT2D eigenvalue weighted by Crippen LogP contribution is -2.35. The van der Waals surface area contributed by atoms with E-state index in [0.717, 1.165) is 30.3 Å². The molecule has 1 unspecified atom stereocenters. The Morgan fingerprint density at radius 1 is 1.32 bits per heavy atom. The highest BCUT2D eigenvalue weighted by Crippen LogP contribution is 2.35. The molecule has 1 aliphatic heterocycles. The Hall–Kier alpha value is -1.42. The highest BCUT2D eigenvalue weighted by atomic mass is 16.5. The first kappa shape index (κ1) is 14.0. The highest BCUT2D eigenvalue weighted by Gasteiger charge is 2.19. The van der Waals surface area contributed by atoms with Gasteiger partial charge in [0, 0.05) is 25.7 Å². The zero-order chi connectivity index (χ0) is 13.8. The van der Waals surface area contributed by atoms with Crippen LogP contribution in [-0.4, -0.2) is 40.4 Å². The number of anilines is 1. The van der Waals surface area contributed by atoms with E-state index >= 15 is 0 Å². The normalized spacial score (nSPS) is 18.4. The predicted octanol–water partition coefficient (Wildman–Crippen LogP) is 2.20. The molecule has 0 aliphatic carbocycles. The number of benzene rings is 1. The van der Waals surface area contributed by atoms with Crippen molar-refractivity contribution in [3.63, 3.8) is 0 Å². The van der Waals surface area contributed by atoms with Crippen molar-refractivity contribution in [3.8, 4) is 11.5 Å². The fourth-order valence-electron chi connectivity index (χ4n) is 2.81. The second-order valence-corrected chi connectivity index (χ2v) is 5.17. The van der Waals surface area contributed by atoms with E-state index in [-0.39, 0.29) is 0 Å². The van der Waals surface area contributed by atoms with E-state index < -0.39 is 0 Å². The van der Waals surface area contributed by atoms with Crippen LogP contribution in [-0.2, 0) is 0 Å². The second kappa shape index (κ2) is 6.15. The summed E-state index contributed by atoms with van der Waals surface area (Å²) in [7, 11) is 5.51. The molecule has 1 fully saturated rings. The third-order valence-corrected chi connectivity index (χ3v) is 3.73. The molecule has 1 atom stereocenters. The Kier molecular flexibility index (Phi) is 4.53. The number of hydrogen-bond acceptors (Lipinski definition) is 4. The first-order chi connectivity index (χ1) is 9.15. The molecule has 0 spiro atoms. The lowest BCUT2D eigenvalue weighted by molar-refractivity contribution is 0.393. The largest absolute Gasteiger partial charge is 0.497 e. The number of aryl methyl sites for hydroxylation is 1. The fourth-order valence-corrected chi connectivity index (χ4v) is 2.81. The van der Waals surface area contributed by atoms with Crippen molar-refractivity contribution < 1.29 is 9.47 Å². The minimum atomic E-state index is 0.580. The smallest absolute Gasteiger partial charge is 0.146 e. The van der Waals surface area contributed by atoms with Crippen molar-refractivity contribution in [3.05, 3.63) is 17.7 Å². The van der Waals surface area contributed by atoms with Crippen LogP contribution in [0.1, 0.15) is 18.4 Å². The molecule has 0 aromatic heterocycles. The molecule has 19 heavy (non-hydrogen) atoms. The van der Waals surface area contributed by atoms with E-state index in [1.54, 1.807) is 14.2 Å². The molecule has 2 rings (SSSR count). The lowest BCUT2D eigenvalue weighted by atomic mass is 10.1. The zero-order valence-corrected chi connectivity index (χ0v) is 12.3. The maximum Gasteiger partial charge on any atom is 0.146 e. The van der Waals surface area contributed by atoms with Crippen LogP contribution in [0.4, 0.5) is 5.69 Å². The topological polar surface area (TPSA) is 33.7 Å². The van der Waals surface area contributed by atoms with Crippen molar-refractivity contribution in [2.75, 3.05) is 39.3 Å². The van der Waals surface area contributed by atoms with E-state index in [4.69, 9.17) is 9.47 Å². The van der Waals surface area contributed by atoms with Gasteiger partial charge in [0.1, 0.15) is 11.5 Å². The molecule has 4 nitrogen and oxygen atoms in total. The van der Waals surface area contributed by atoms with E-state index in [1.165, 1.54) is 18.4 Å². The summed E-state index contributed by atoms with van der Waals surface area (Å²) in [5.74, 6) is 1.71. The van der Waals surface area contributed by atoms with Crippen LogP contribution in [0, 0.1) is 6.92 Å². The van der Waals surface area contributed by atoms with Crippen LogP contribution in [0.25, 0.3) is 0 Å². The molecule has 1 heterocycles. The first-order valence-electron chi connectivity index (χ1n) is 6.83. The molecule has 0 radical (unpaired) electrons. The average Bonchev–Trinajstić information content (AvgIpc) is 2.90. The summed E-state index contributed by atoms with van der Waals surface area (Å²) >= 11 is 0. The maximum atomic E-state index is 5.51. The van der Waals surface area contributed by atoms with Gasteiger partial charge in [-0.3, -0.25) is 0 Å². The number of ether oxygens (including phenoxy) is 2. The molecule has 4 heteroatoms. The van der Waals surface area contributed by atoms with Crippen LogP contribution in [0.15, 0.2) is 12.1 Å². The summed E-state index contributed by atoms with van der Waals surface area (Å²) in [6.45, 7) is 4.24. The SMILES string of the molecule is COc1cc(C)c(N(C)CC2CCCN2)c(OC)c1. The monoisotopic (exact) mass is 264 g/mol. The molecule has 0 amide bonds. The van der Waals surface area contributed by atoms with Gasteiger partial charge < -0.3 is 19.7 Å². The molecule has 0 bridgehead atoms. The number of likely N-dealkylation sites (N-methyl/N-ethyl adjacent to an activating group) is 1. The maximum absolute atomic E-state index is 5.51. The molecule has 1 aromatic rings. The molecule has 1 aromatic carbocycles. The average molecular weight is 264 g/mol. The third-order valence-electron chi connectivity index (χ3n) is 3.73. The Balaban J connectivity index is 2.21. The predicted molar refractivity (Wildman–Crippen MR) is 78.6 cm³/mol. The van der Waals surface area contributed by atoms with Crippen LogP contribution in [0.2, 0.25) is 0 Å². The van der Waals surface area contributed by atoms with Crippen LogP contribution in [0.5, 0.6) is 11.5 Å². The Morgan fingerprint density at radius 3 is 2.68 bits per heavy atom. The van der Waals surface area contributed by atoms with Gasteiger partial charge in [-0.05, 0) is 37.9 Å². The summed E-state index contributed by atoms with van der Waals surface area (Å²) in [4.78, 5) is 2.27. The van der Waals surface area contributed by atoms with Gasteiger partial charge in [0.05, 0.1) is 19.9 Å². The Labute approximate surface area is 115 Å².